The number of fused-ring (bicyclic) bond motifs is 1. The fourth-order valence-electron chi connectivity index (χ4n) is 4.29. The number of allylic oxidation sites excluding steroid dienone is 4. The van der Waals surface area contributed by atoms with Crippen LogP contribution >= 0.6 is 0 Å². The lowest BCUT2D eigenvalue weighted by Crippen LogP contribution is -2.52. The van der Waals surface area contributed by atoms with Gasteiger partial charge < -0.3 is 9.80 Å². The van der Waals surface area contributed by atoms with Gasteiger partial charge in [0.15, 0.2) is 0 Å². The first-order valence-electron chi connectivity index (χ1n) is 12.7. The maximum atomic E-state index is 4.95. The van der Waals surface area contributed by atoms with Gasteiger partial charge in [-0.25, -0.2) is 9.97 Å². The molecule has 0 unspecified atom stereocenters. The summed E-state index contributed by atoms with van der Waals surface area (Å²) in [5.41, 5.74) is 2.59. The first-order chi connectivity index (χ1) is 16.2. The zero-order chi connectivity index (χ0) is 23.9. The molecule has 5 heteroatoms. The lowest BCUT2D eigenvalue weighted by atomic mass is 9.91. The molecule has 0 amide bonds. The molecule has 0 atom stereocenters. The molecule has 1 saturated carbocycles. The van der Waals surface area contributed by atoms with Crippen molar-refractivity contribution in [2.24, 2.45) is 0 Å². The van der Waals surface area contributed by atoms with Gasteiger partial charge in [0.2, 0.25) is 5.95 Å². The highest BCUT2D eigenvalue weighted by atomic mass is 15.3. The molecule has 1 saturated heterocycles. The largest absolute Gasteiger partial charge is 0.378 e. The third-order valence-electron chi connectivity index (χ3n) is 6.42. The van der Waals surface area contributed by atoms with E-state index in [1.807, 2.05) is 19.2 Å². The molecular weight excluding hydrogens is 406 g/mol. The molecule has 4 rings (SSSR count). The van der Waals surface area contributed by atoms with Gasteiger partial charge in [0.05, 0.1) is 0 Å². The summed E-state index contributed by atoms with van der Waals surface area (Å²) >= 11 is 0. The second-order valence-electron chi connectivity index (χ2n) is 8.80. The van der Waals surface area contributed by atoms with Crippen LogP contribution in [0.15, 0.2) is 56.4 Å². The molecule has 3 aliphatic rings. The average molecular weight is 452 g/mol. The standard InChI is InChI=1S/C19H29N5.C6H10.C3H6/c1-2-22-9-4-7-18-16(8-10-22)15-20-19(21-18)24-13-11-23(12-14-24)17-5-3-6-17;1-3-5-6-4-2;1-3-2/h2,15,17H,1,3-14H2;3,5-6H,1,4H2,2H3;3H,1H2,2H3/b;6-5-;. The van der Waals surface area contributed by atoms with Crippen molar-refractivity contribution in [3.05, 3.63) is 67.7 Å². The summed E-state index contributed by atoms with van der Waals surface area (Å²) in [5.74, 6) is 0.947. The zero-order valence-corrected chi connectivity index (χ0v) is 21.1. The molecule has 0 aromatic carbocycles. The van der Waals surface area contributed by atoms with Crippen LogP contribution < -0.4 is 4.90 Å². The molecule has 33 heavy (non-hydrogen) atoms. The van der Waals surface area contributed by atoms with Crippen molar-refractivity contribution < 1.29 is 0 Å². The highest BCUT2D eigenvalue weighted by molar-refractivity contribution is 5.34. The molecule has 5 nitrogen and oxygen atoms in total. The number of nitrogens with zero attached hydrogens (tertiary/aromatic N) is 5. The Morgan fingerprint density at radius 3 is 2.27 bits per heavy atom. The van der Waals surface area contributed by atoms with Crippen LogP contribution in [0.5, 0.6) is 0 Å². The van der Waals surface area contributed by atoms with Gasteiger partial charge in [-0.05, 0) is 57.2 Å². The van der Waals surface area contributed by atoms with Gasteiger partial charge >= 0.3 is 0 Å². The van der Waals surface area contributed by atoms with E-state index in [-0.39, 0.29) is 0 Å². The van der Waals surface area contributed by atoms with Crippen molar-refractivity contribution >= 4 is 5.95 Å². The monoisotopic (exact) mass is 451 g/mol. The Morgan fingerprint density at radius 1 is 1.00 bits per heavy atom. The van der Waals surface area contributed by atoms with E-state index in [2.05, 4.69) is 53.6 Å². The number of anilines is 1. The molecule has 182 valence electrons. The predicted molar refractivity (Wildman–Crippen MR) is 143 cm³/mol. The van der Waals surface area contributed by atoms with E-state index in [4.69, 9.17) is 9.97 Å². The highest BCUT2D eigenvalue weighted by Gasteiger charge is 2.28. The number of hydrogen-bond donors (Lipinski definition) is 0. The molecule has 0 spiro atoms. The summed E-state index contributed by atoms with van der Waals surface area (Å²) in [7, 11) is 0. The van der Waals surface area contributed by atoms with Crippen molar-refractivity contribution in [2.45, 2.75) is 64.8 Å². The topological polar surface area (TPSA) is 35.5 Å². The molecule has 2 fully saturated rings. The van der Waals surface area contributed by atoms with Crippen LogP contribution in [0.1, 0.15) is 57.2 Å². The molecule has 1 aromatic rings. The van der Waals surface area contributed by atoms with Crippen molar-refractivity contribution in [1.82, 2.24) is 19.8 Å². The van der Waals surface area contributed by atoms with Crippen molar-refractivity contribution in [2.75, 3.05) is 44.2 Å². The van der Waals surface area contributed by atoms with Crippen LogP contribution in [-0.2, 0) is 12.8 Å². The van der Waals surface area contributed by atoms with Crippen LogP contribution in [0, 0.1) is 0 Å². The van der Waals surface area contributed by atoms with Gasteiger partial charge in [-0.2, -0.15) is 0 Å². The summed E-state index contributed by atoms with van der Waals surface area (Å²) < 4.78 is 0. The number of hydrogen-bond acceptors (Lipinski definition) is 5. The quantitative estimate of drug-likeness (QED) is 0.441. The van der Waals surface area contributed by atoms with Crippen molar-refractivity contribution in [1.29, 1.82) is 0 Å². The fraction of sp³-hybridized carbons (Fsp3) is 0.571. The first kappa shape index (κ1) is 26.8. The van der Waals surface area contributed by atoms with E-state index in [1.54, 1.807) is 12.2 Å². The van der Waals surface area contributed by atoms with Crippen LogP contribution in [0.4, 0.5) is 5.95 Å². The average Bonchev–Trinajstić information content (AvgIpc) is 2.79. The first-order valence-corrected chi connectivity index (χ1v) is 12.7. The molecule has 3 heterocycles. The Balaban J connectivity index is 0.000000369. The fourth-order valence-corrected chi connectivity index (χ4v) is 4.29. The minimum absolute atomic E-state index is 0.858. The van der Waals surface area contributed by atoms with Gasteiger partial charge in [-0.3, -0.25) is 4.90 Å². The Hall–Kier alpha value is -2.40. The van der Waals surface area contributed by atoms with Gasteiger partial charge in [0.25, 0.3) is 0 Å². The van der Waals surface area contributed by atoms with Gasteiger partial charge in [-0.15, -0.1) is 6.58 Å². The Kier molecular flexibility index (Phi) is 12.6. The lowest BCUT2D eigenvalue weighted by molar-refractivity contribution is 0.120. The normalized spacial score (nSPS) is 19.0. The third-order valence-corrected chi connectivity index (χ3v) is 6.42. The Morgan fingerprint density at radius 2 is 1.73 bits per heavy atom. The summed E-state index contributed by atoms with van der Waals surface area (Å²) in [6.45, 7) is 21.3. The molecule has 1 aliphatic carbocycles. The van der Waals surface area contributed by atoms with Crippen molar-refractivity contribution in [3.63, 3.8) is 0 Å². The summed E-state index contributed by atoms with van der Waals surface area (Å²) in [6, 6.07) is 0.858. The summed E-state index contributed by atoms with van der Waals surface area (Å²) in [5, 5.41) is 0. The molecule has 0 bridgehead atoms. The lowest BCUT2D eigenvalue weighted by Gasteiger charge is -2.43. The number of piperazine rings is 1. The second-order valence-corrected chi connectivity index (χ2v) is 8.80. The number of aromatic nitrogens is 2. The number of rotatable bonds is 5. The molecule has 2 aliphatic heterocycles. The highest BCUT2D eigenvalue weighted by Crippen LogP contribution is 2.26. The zero-order valence-electron chi connectivity index (χ0n) is 21.1. The van der Waals surface area contributed by atoms with E-state index in [0.29, 0.717) is 0 Å². The van der Waals surface area contributed by atoms with Gasteiger partial charge in [0, 0.05) is 57.2 Å². The maximum absolute atomic E-state index is 4.95. The van der Waals surface area contributed by atoms with E-state index >= 15 is 0 Å². The maximum Gasteiger partial charge on any atom is 0.225 e. The molecule has 1 aromatic heterocycles. The molecule has 0 N–H and O–H groups in total. The van der Waals surface area contributed by atoms with Crippen LogP contribution in [0.2, 0.25) is 0 Å². The molecular formula is C28H45N5. The van der Waals surface area contributed by atoms with E-state index in [0.717, 1.165) is 63.9 Å². The smallest absolute Gasteiger partial charge is 0.225 e. The number of aryl methyl sites for hydroxylation is 1. The predicted octanol–water partition coefficient (Wildman–Crippen LogP) is 5.42. The third kappa shape index (κ3) is 8.81. The minimum atomic E-state index is 0.858. The van der Waals surface area contributed by atoms with Crippen LogP contribution in [0.25, 0.3) is 0 Å². The summed E-state index contributed by atoms with van der Waals surface area (Å²) in [4.78, 5) is 17.0. The SMILES string of the molecule is C=C/C=C\CC.C=CC.C=CN1CCCc2nc(N3CCN(C4CCC4)CC3)ncc2CC1. The molecule has 0 radical (unpaired) electrons. The van der Waals surface area contributed by atoms with E-state index < -0.39 is 0 Å². The van der Waals surface area contributed by atoms with Gasteiger partial charge in [0.1, 0.15) is 0 Å². The Labute approximate surface area is 202 Å². The summed E-state index contributed by atoms with van der Waals surface area (Å²) in [6.07, 6.45) is 20.1. The van der Waals surface area contributed by atoms with Crippen LogP contribution in [0.3, 0.4) is 0 Å². The Bertz CT molecular complexity index is 745. The minimum Gasteiger partial charge on any atom is -0.378 e. The van der Waals surface area contributed by atoms with Crippen LogP contribution in [-0.4, -0.2) is 65.1 Å². The van der Waals surface area contributed by atoms with E-state index in [9.17, 15) is 0 Å². The van der Waals surface area contributed by atoms with E-state index in [1.165, 1.54) is 43.6 Å². The van der Waals surface area contributed by atoms with Crippen molar-refractivity contribution in [3.8, 4) is 0 Å². The van der Waals surface area contributed by atoms with Gasteiger partial charge in [-0.1, -0.05) is 50.8 Å². The second kappa shape index (κ2) is 15.4.